The summed E-state index contributed by atoms with van der Waals surface area (Å²) < 4.78 is 5.54. The summed E-state index contributed by atoms with van der Waals surface area (Å²) in [6.07, 6.45) is 0.580. The fourth-order valence-electron chi connectivity index (χ4n) is 3.30. The number of carbonyl (C=O) groups is 3. The highest BCUT2D eigenvalue weighted by Gasteiger charge is 2.30. The molecule has 3 rings (SSSR count). The molecule has 1 saturated heterocycles. The summed E-state index contributed by atoms with van der Waals surface area (Å²) in [4.78, 5) is 40.3. The summed E-state index contributed by atoms with van der Waals surface area (Å²) in [7, 11) is 0. The third-order valence-electron chi connectivity index (χ3n) is 4.82. The fourth-order valence-corrected chi connectivity index (χ4v) is 3.30. The molecular formula is C20H27N3O4. The molecule has 0 saturated carbocycles. The number of anilines is 1. The molecule has 146 valence electrons. The van der Waals surface area contributed by atoms with Crippen molar-refractivity contribution in [1.29, 1.82) is 0 Å². The van der Waals surface area contributed by atoms with Gasteiger partial charge in [-0.25, -0.2) is 0 Å². The lowest BCUT2D eigenvalue weighted by molar-refractivity contribution is -0.144. The Hall–Kier alpha value is -2.57. The van der Waals surface area contributed by atoms with Gasteiger partial charge in [-0.3, -0.25) is 14.4 Å². The Bertz CT molecular complexity index is 746. The average molecular weight is 373 g/mol. The highest BCUT2D eigenvalue weighted by Crippen LogP contribution is 2.28. The molecule has 1 aromatic rings. The Morgan fingerprint density at radius 2 is 1.78 bits per heavy atom. The first-order valence-electron chi connectivity index (χ1n) is 9.37. The normalized spacial score (nSPS) is 17.5. The van der Waals surface area contributed by atoms with Crippen LogP contribution in [-0.2, 0) is 20.8 Å². The Morgan fingerprint density at radius 3 is 2.44 bits per heavy atom. The molecule has 0 atom stereocenters. The number of fused-ring (bicyclic) bond motifs is 1. The molecule has 7 heteroatoms. The van der Waals surface area contributed by atoms with Gasteiger partial charge in [0.15, 0.2) is 0 Å². The first-order chi connectivity index (χ1) is 12.7. The lowest BCUT2D eigenvalue weighted by Crippen LogP contribution is -2.53. The molecule has 27 heavy (non-hydrogen) atoms. The van der Waals surface area contributed by atoms with Crippen LogP contribution in [0.5, 0.6) is 5.75 Å². The summed E-state index contributed by atoms with van der Waals surface area (Å²) >= 11 is 0. The molecule has 0 aromatic heterocycles. The summed E-state index contributed by atoms with van der Waals surface area (Å²) in [6.45, 7) is 8.31. The molecule has 2 aliphatic heterocycles. The standard InChI is InChI=1S/C20H27N3O4/c1-20(2,3)19(26)23-9-7-22(8-10-23)18(25)13-14-4-5-16-15(12-14)21-17(24)6-11-27-16/h4-5,12H,6-11,13H2,1-3H3,(H,21,24). The maximum Gasteiger partial charge on any atom is 0.228 e. The fraction of sp³-hybridized carbons (Fsp3) is 0.550. The number of nitrogens with zero attached hydrogens (tertiary/aromatic N) is 2. The van der Waals surface area contributed by atoms with Gasteiger partial charge in [-0.15, -0.1) is 0 Å². The molecule has 1 aromatic carbocycles. The van der Waals surface area contributed by atoms with Gasteiger partial charge in [0.25, 0.3) is 0 Å². The van der Waals surface area contributed by atoms with Gasteiger partial charge in [0, 0.05) is 31.6 Å². The second kappa shape index (κ2) is 7.58. The smallest absolute Gasteiger partial charge is 0.228 e. The van der Waals surface area contributed by atoms with E-state index in [4.69, 9.17) is 4.74 Å². The van der Waals surface area contributed by atoms with E-state index in [1.807, 2.05) is 31.7 Å². The maximum absolute atomic E-state index is 12.6. The minimum Gasteiger partial charge on any atom is -0.491 e. The van der Waals surface area contributed by atoms with Crippen molar-refractivity contribution in [3.8, 4) is 5.75 Å². The highest BCUT2D eigenvalue weighted by molar-refractivity contribution is 5.93. The average Bonchev–Trinajstić information content (AvgIpc) is 2.80. The van der Waals surface area contributed by atoms with Crippen molar-refractivity contribution in [2.75, 3.05) is 38.1 Å². The molecule has 2 heterocycles. The van der Waals surface area contributed by atoms with E-state index in [0.717, 1.165) is 5.56 Å². The maximum atomic E-state index is 12.6. The topological polar surface area (TPSA) is 79.0 Å². The number of carbonyl (C=O) groups excluding carboxylic acids is 3. The van der Waals surface area contributed by atoms with E-state index in [-0.39, 0.29) is 24.1 Å². The monoisotopic (exact) mass is 373 g/mol. The van der Waals surface area contributed by atoms with E-state index in [0.29, 0.717) is 50.6 Å². The van der Waals surface area contributed by atoms with Gasteiger partial charge < -0.3 is 19.9 Å². The first kappa shape index (κ1) is 19.2. The van der Waals surface area contributed by atoms with E-state index in [1.165, 1.54) is 0 Å². The minimum atomic E-state index is -0.402. The van der Waals surface area contributed by atoms with Crippen LogP contribution in [0.15, 0.2) is 18.2 Å². The first-order valence-corrected chi connectivity index (χ1v) is 9.37. The van der Waals surface area contributed by atoms with Crippen LogP contribution < -0.4 is 10.1 Å². The summed E-state index contributed by atoms with van der Waals surface area (Å²) in [6, 6.07) is 5.45. The van der Waals surface area contributed by atoms with Crippen LogP contribution in [0.1, 0.15) is 32.8 Å². The van der Waals surface area contributed by atoms with Crippen LogP contribution in [0, 0.1) is 5.41 Å². The van der Waals surface area contributed by atoms with E-state index in [1.54, 1.807) is 17.0 Å². The van der Waals surface area contributed by atoms with Crippen molar-refractivity contribution in [3.63, 3.8) is 0 Å². The third kappa shape index (κ3) is 4.59. The van der Waals surface area contributed by atoms with Gasteiger partial charge >= 0.3 is 0 Å². The zero-order valence-electron chi connectivity index (χ0n) is 16.2. The number of rotatable bonds is 2. The molecule has 0 unspecified atom stereocenters. The number of nitrogens with one attached hydrogen (secondary N) is 1. The van der Waals surface area contributed by atoms with Crippen molar-refractivity contribution in [2.24, 2.45) is 5.41 Å². The highest BCUT2D eigenvalue weighted by atomic mass is 16.5. The predicted octanol–water partition coefficient (Wildman–Crippen LogP) is 1.67. The molecule has 7 nitrogen and oxygen atoms in total. The van der Waals surface area contributed by atoms with Crippen molar-refractivity contribution in [3.05, 3.63) is 23.8 Å². The predicted molar refractivity (Wildman–Crippen MR) is 102 cm³/mol. The Labute approximate surface area is 159 Å². The van der Waals surface area contributed by atoms with E-state index >= 15 is 0 Å². The molecule has 0 spiro atoms. The van der Waals surface area contributed by atoms with E-state index < -0.39 is 5.41 Å². The number of amides is 3. The third-order valence-corrected chi connectivity index (χ3v) is 4.82. The SMILES string of the molecule is CC(C)(C)C(=O)N1CCN(C(=O)Cc2ccc3c(c2)NC(=O)CCO3)CC1. The van der Waals surface area contributed by atoms with Gasteiger partial charge in [0.1, 0.15) is 5.75 Å². The van der Waals surface area contributed by atoms with Crippen LogP contribution in [0.3, 0.4) is 0 Å². The van der Waals surface area contributed by atoms with Crippen LogP contribution in [0.25, 0.3) is 0 Å². The van der Waals surface area contributed by atoms with Gasteiger partial charge in [0.05, 0.1) is 25.1 Å². The van der Waals surface area contributed by atoms with Crippen LogP contribution in [0.4, 0.5) is 5.69 Å². The molecule has 3 amide bonds. The number of hydrogen-bond donors (Lipinski definition) is 1. The van der Waals surface area contributed by atoms with Crippen molar-refractivity contribution < 1.29 is 19.1 Å². The van der Waals surface area contributed by atoms with E-state index in [9.17, 15) is 14.4 Å². The number of piperazine rings is 1. The molecular weight excluding hydrogens is 346 g/mol. The molecule has 0 bridgehead atoms. The van der Waals surface area contributed by atoms with Crippen molar-refractivity contribution in [1.82, 2.24) is 9.80 Å². The summed E-state index contributed by atoms with van der Waals surface area (Å²) in [5.74, 6) is 0.693. The molecule has 2 aliphatic rings. The number of hydrogen-bond acceptors (Lipinski definition) is 4. The molecule has 1 fully saturated rings. The molecule has 0 radical (unpaired) electrons. The molecule has 0 aliphatic carbocycles. The lowest BCUT2D eigenvalue weighted by Gasteiger charge is -2.37. The van der Waals surface area contributed by atoms with Gasteiger partial charge in [0.2, 0.25) is 17.7 Å². The summed E-state index contributed by atoms with van der Waals surface area (Å²) in [5, 5.41) is 2.81. The largest absolute Gasteiger partial charge is 0.491 e. The number of ether oxygens (including phenoxy) is 1. The zero-order valence-corrected chi connectivity index (χ0v) is 16.2. The van der Waals surface area contributed by atoms with Gasteiger partial charge in [-0.05, 0) is 17.7 Å². The van der Waals surface area contributed by atoms with E-state index in [2.05, 4.69) is 5.32 Å². The Balaban J connectivity index is 1.59. The Morgan fingerprint density at radius 1 is 1.11 bits per heavy atom. The lowest BCUT2D eigenvalue weighted by atomic mass is 9.94. The second-order valence-corrected chi connectivity index (χ2v) is 8.08. The summed E-state index contributed by atoms with van der Waals surface area (Å²) in [5.41, 5.74) is 1.04. The van der Waals surface area contributed by atoms with Crippen LogP contribution >= 0.6 is 0 Å². The zero-order chi connectivity index (χ0) is 19.6. The van der Waals surface area contributed by atoms with Crippen molar-refractivity contribution >= 4 is 23.4 Å². The quantitative estimate of drug-likeness (QED) is 0.855. The van der Waals surface area contributed by atoms with Gasteiger partial charge in [-0.2, -0.15) is 0 Å². The second-order valence-electron chi connectivity index (χ2n) is 8.08. The minimum absolute atomic E-state index is 0.0266. The molecule has 1 N–H and O–H groups in total. The Kier molecular flexibility index (Phi) is 5.39. The van der Waals surface area contributed by atoms with Gasteiger partial charge in [-0.1, -0.05) is 26.8 Å². The van der Waals surface area contributed by atoms with Crippen molar-refractivity contribution in [2.45, 2.75) is 33.6 Å². The van der Waals surface area contributed by atoms with Crippen LogP contribution in [0.2, 0.25) is 0 Å². The van der Waals surface area contributed by atoms with Crippen LogP contribution in [-0.4, -0.2) is 60.3 Å². The number of benzene rings is 1.